The third-order valence-electron chi connectivity index (χ3n) is 2.02. The molecule has 0 unspecified atom stereocenters. The van der Waals surface area contributed by atoms with Gasteiger partial charge in [0, 0.05) is 18.7 Å². The number of hydrogen-bond acceptors (Lipinski definition) is 1. The van der Waals surface area contributed by atoms with E-state index >= 15 is 0 Å². The Kier molecular flexibility index (Phi) is 3.23. The Balaban J connectivity index is 2.89. The van der Waals surface area contributed by atoms with Crippen molar-refractivity contribution in [3.63, 3.8) is 0 Å². The molecule has 0 aromatic heterocycles. The van der Waals surface area contributed by atoms with E-state index in [1.807, 2.05) is 13.8 Å². The van der Waals surface area contributed by atoms with Crippen molar-refractivity contribution < 1.29 is 9.18 Å². The molecule has 0 radical (unpaired) electrons. The van der Waals surface area contributed by atoms with Gasteiger partial charge in [-0.05, 0) is 18.2 Å². The molecular weight excluding hydrogens is 181 g/mol. The highest BCUT2D eigenvalue weighted by Crippen LogP contribution is 2.15. The normalized spacial score (nSPS) is 10.4. The van der Waals surface area contributed by atoms with E-state index in [2.05, 4.69) is 0 Å². The molecule has 1 rings (SSSR count). The summed E-state index contributed by atoms with van der Waals surface area (Å²) < 4.78 is 12.9. The molecule has 0 saturated heterocycles. The molecule has 0 aliphatic rings. The maximum Gasteiger partial charge on any atom is 0.229 e. The zero-order chi connectivity index (χ0) is 10.7. The molecular formula is C11H14FNO. The SMILES string of the molecule is CC(C)C(=O)N(C)c1cccc(F)c1. The van der Waals surface area contributed by atoms with Gasteiger partial charge in [0.1, 0.15) is 5.82 Å². The van der Waals surface area contributed by atoms with Crippen LogP contribution in [0.2, 0.25) is 0 Å². The van der Waals surface area contributed by atoms with Gasteiger partial charge in [-0.25, -0.2) is 4.39 Å². The molecule has 3 heteroatoms. The van der Waals surface area contributed by atoms with Crippen molar-refractivity contribution in [2.24, 2.45) is 5.92 Å². The quantitative estimate of drug-likeness (QED) is 0.709. The van der Waals surface area contributed by atoms with E-state index in [1.54, 1.807) is 19.2 Å². The van der Waals surface area contributed by atoms with Gasteiger partial charge in [0.05, 0.1) is 0 Å². The Hall–Kier alpha value is -1.38. The van der Waals surface area contributed by atoms with Gasteiger partial charge in [-0.15, -0.1) is 0 Å². The highest BCUT2D eigenvalue weighted by molar-refractivity contribution is 5.93. The molecule has 0 N–H and O–H groups in total. The Labute approximate surface area is 83.3 Å². The van der Waals surface area contributed by atoms with Crippen LogP contribution in [-0.4, -0.2) is 13.0 Å². The molecule has 0 saturated carbocycles. The van der Waals surface area contributed by atoms with Gasteiger partial charge in [-0.1, -0.05) is 19.9 Å². The van der Waals surface area contributed by atoms with Crippen molar-refractivity contribution in [1.82, 2.24) is 0 Å². The predicted octanol–water partition coefficient (Wildman–Crippen LogP) is 2.44. The molecule has 76 valence electrons. The first-order valence-corrected chi connectivity index (χ1v) is 4.55. The van der Waals surface area contributed by atoms with Crippen LogP contribution in [0.5, 0.6) is 0 Å². The van der Waals surface area contributed by atoms with Gasteiger partial charge in [-0.3, -0.25) is 4.79 Å². The van der Waals surface area contributed by atoms with E-state index in [1.165, 1.54) is 17.0 Å². The van der Waals surface area contributed by atoms with Crippen LogP contribution in [-0.2, 0) is 4.79 Å². The second-order valence-corrected chi connectivity index (χ2v) is 3.53. The number of amides is 1. The zero-order valence-corrected chi connectivity index (χ0v) is 8.62. The van der Waals surface area contributed by atoms with E-state index in [4.69, 9.17) is 0 Å². The summed E-state index contributed by atoms with van der Waals surface area (Å²) in [7, 11) is 1.65. The maximum atomic E-state index is 12.9. The topological polar surface area (TPSA) is 20.3 Å². The first kappa shape index (κ1) is 10.7. The molecule has 0 bridgehead atoms. The fourth-order valence-electron chi connectivity index (χ4n) is 1.20. The zero-order valence-electron chi connectivity index (χ0n) is 8.62. The number of anilines is 1. The molecule has 1 amide bonds. The Morgan fingerprint density at radius 3 is 2.57 bits per heavy atom. The van der Waals surface area contributed by atoms with Crippen LogP contribution >= 0.6 is 0 Å². The molecule has 1 aromatic rings. The molecule has 0 heterocycles. The lowest BCUT2D eigenvalue weighted by atomic mass is 10.2. The number of hydrogen-bond donors (Lipinski definition) is 0. The summed E-state index contributed by atoms with van der Waals surface area (Å²) in [5.41, 5.74) is 0.587. The second-order valence-electron chi connectivity index (χ2n) is 3.53. The van der Waals surface area contributed by atoms with Crippen LogP contribution in [0, 0.1) is 11.7 Å². The highest BCUT2D eigenvalue weighted by Gasteiger charge is 2.14. The van der Waals surface area contributed by atoms with Crippen molar-refractivity contribution >= 4 is 11.6 Å². The van der Waals surface area contributed by atoms with Crippen LogP contribution in [0.25, 0.3) is 0 Å². The molecule has 14 heavy (non-hydrogen) atoms. The third kappa shape index (κ3) is 2.31. The van der Waals surface area contributed by atoms with Crippen molar-refractivity contribution in [2.75, 3.05) is 11.9 Å². The number of halogens is 1. The minimum atomic E-state index is -0.328. The summed E-state index contributed by atoms with van der Waals surface area (Å²) in [6.07, 6.45) is 0. The average molecular weight is 195 g/mol. The number of carbonyl (C=O) groups is 1. The Bertz CT molecular complexity index is 336. The van der Waals surface area contributed by atoms with Gasteiger partial charge in [-0.2, -0.15) is 0 Å². The van der Waals surface area contributed by atoms with Crippen molar-refractivity contribution in [3.8, 4) is 0 Å². The van der Waals surface area contributed by atoms with Crippen LogP contribution in [0.15, 0.2) is 24.3 Å². The summed E-state index contributed by atoms with van der Waals surface area (Å²) in [6, 6.07) is 6.01. The first-order chi connectivity index (χ1) is 6.52. The number of benzene rings is 1. The number of rotatable bonds is 2. The maximum absolute atomic E-state index is 12.9. The standard InChI is InChI=1S/C11H14FNO/c1-8(2)11(14)13(3)10-6-4-5-9(12)7-10/h4-8H,1-3H3. The molecule has 0 fully saturated rings. The minimum absolute atomic E-state index is 0.0180. The van der Waals surface area contributed by atoms with E-state index < -0.39 is 0 Å². The summed E-state index contributed by atoms with van der Waals surface area (Å²) in [5.74, 6) is -0.426. The smallest absolute Gasteiger partial charge is 0.229 e. The van der Waals surface area contributed by atoms with E-state index in [0.717, 1.165) is 0 Å². The minimum Gasteiger partial charge on any atom is -0.315 e. The molecule has 0 aliphatic heterocycles. The lowest BCUT2D eigenvalue weighted by Gasteiger charge is -2.19. The van der Waals surface area contributed by atoms with E-state index in [9.17, 15) is 9.18 Å². The lowest BCUT2D eigenvalue weighted by Crippen LogP contribution is -2.30. The molecule has 0 atom stereocenters. The molecule has 2 nitrogen and oxygen atoms in total. The summed E-state index contributed by atoms with van der Waals surface area (Å²) in [5, 5.41) is 0. The first-order valence-electron chi connectivity index (χ1n) is 4.55. The summed E-state index contributed by atoms with van der Waals surface area (Å²) >= 11 is 0. The van der Waals surface area contributed by atoms with Gasteiger partial charge >= 0.3 is 0 Å². The van der Waals surface area contributed by atoms with E-state index in [0.29, 0.717) is 5.69 Å². The van der Waals surface area contributed by atoms with Crippen molar-refractivity contribution in [2.45, 2.75) is 13.8 Å². The Morgan fingerprint density at radius 1 is 1.43 bits per heavy atom. The fourth-order valence-corrected chi connectivity index (χ4v) is 1.20. The fraction of sp³-hybridized carbons (Fsp3) is 0.364. The molecule has 1 aromatic carbocycles. The molecule has 0 spiro atoms. The van der Waals surface area contributed by atoms with Gasteiger partial charge in [0.25, 0.3) is 0 Å². The van der Waals surface area contributed by atoms with E-state index in [-0.39, 0.29) is 17.6 Å². The number of nitrogens with zero attached hydrogens (tertiary/aromatic N) is 1. The molecule has 0 aliphatic carbocycles. The van der Waals surface area contributed by atoms with Gasteiger partial charge in [0.15, 0.2) is 0 Å². The van der Waals surface area contributed by atoms with Crippen LogP contribution in [0.3, 0.4) is 0 Å². The third-order valence-corrected chi connectivity index (χ3v) is 2.02. The average Bonchev–Trinajstić information content (AvgIpc) is 2.15. The highest BCUT2D eigenvalue weighted by atomic mass is 19.1. The van der Waals surface area contributed by atoms with Crippen LogP contribution in [0.1, 0.15) is 13.8 Å². The second kappa shape index (κ2) is 4.22. The summed E-state index contributed by atoms with van der Waals surface area (Å²) in [6.45, 7) is 3.64. The van der Waals surface area contributed by atoms with Crippen LogP contribution < -0.4 is 4.90 Å². The Morgan fingerprint density at radius 2 is 2.07 bits per heavy atom. The van der Waals surface area contributed by atoms with Gasteiger partial charge < -0.3 is 4.90 Å². The van der Waals surface area contributed by atoms with Gasteiger partial charge in [0.2, 0.25) is 5.91 Å². The lowest BCUT2D eigenvalue weighted by molar-refractivity contribution is -0.121. The van der Waals surface area contributed by atoms with Crippen molar-refractivity contribution in [1.29, 1.82) is 0 Å². The van der Waals surface area contributed by atoms with Crippen LogP contribution in [0.4, 0.5) is 10.1 Å². The predicted molar refractivity (Wildman–Crippen MR) is 54.6 cm³/mol. The largest absolute Gasteiger partial charge is 0.315 e. The van der Waals surface area contributed by atoms with Crippen molar-refractivity contribution in [3.05, 3.63) is 30.1 Å². The summed E-state index contributed by atoms with van der Waals surface area (Å²) in [4.78, 5) is 13.0. The monoisotopic (exact) mass is 195 g/mol. The number of carbonyl (C=O) groups excluding carboxylic acids is 1.